The first kappa shape index (κ1) is 17.9. The van der Waals surface area contributed by atoms with Gasteiger partial charge < -0.3 is 4.42 Å². The minimum absolute atomic E-state index is 0.604. The van der Waals surface area contributed by atoms with Crippen LogP contribution in [0.5, 0.6) is 0 Å². The molecule has 29 heavy (non-hydrogen) atoms. The van der Waals surface area contributed by atoms with Crippen molar-refractivity contribution in [2.45, 2.75) is 34.1 Å². The van der Waals surface area contributed by atoms with Crippen molar-refractivity contribution in [1.29, 1.82) is 0 Å². The van der Waals surface area contributed by atoms with Gasteiger partial charge in [-0.3, -0.25) is 4.98 Å². The summed E-state index contributed by atoms with van der Waals surface area (Å²) in [6, 6.07) is 17.2. The summed E-state index contributed by atoms with van der Waals surface area (Å²) in [5, 5.41) is 4.59. The molecule has 3 nitrogen and oxygen atoms in total. The maximum Gasteiger partial charge on any atom is 0.227 e. The summed E-state index contributed by atoms with van der Waals surface area (Å²) in [6.45, 7) is 8.63. The lowest BCUT2D eigenvalue weighted by Crippen LogP contribution is -1.96. The first-order valence-corrected chi connectivity index (χ1v) is 10.2. The van der Waals surface area contributed by atoms with Crippen molar-refractivity contribution in [3.8, 4) is 11.3 Å². The second kappa shape index (κ2) is 6.70. The van der Waals surface area contributed by atoms with Crippen molar-refractivity contribution >= 4 is 32.8 Å². The highest BCUT2D eigenvalue weighted by molar-refractivity contribution is 6.11. The topological polar surface area (TPSA) is 38.9 Å². The van der Waals surface area contributed by atoms with Gasteiger partial charge in [-0.1, -0.05) is 32.0 Å². The van der Waals surface area contributed by atoms with Gasteiger partial charge >= 0.3 is 0 Å². The number of fused-ring (bicyclic) bond motifs is 4. The number of hydrogen-bond donors (Lipinski definition) is 0. The molecule has 0 bridgehead atoms. The summed E-state index contributed by atoms with van der Waals surface area (Å²) in [5.74, 6) is 0.604. The van der Waals surface area contributed by atoms with E-state index >= 15 is 0 Å². The molecular weight excluding hydrogens is 356 g/mol. The number of aryl methyl sites for hydroxylation is 2. The molecule has 3 aromatic heterocycles. The molecule has 0 fully saturated rings. The average Bonchev–Trinajstić information content (AvgIpc) is 3.04. The van der Waals surface area contributed by atoms with Gasteiger partial charge in [0.2, 0.25) is 5.71 Å². The highest BCUT2D eigenvalue weighted by Crippen LogP contribution is 2.38. The van der Waals surface area contributed by atoms with E-state index in [1.54, 1.807) is 0 Å². The minimum atomic E-state index is 0.604. The number of hydrogen-bond acceptors (Lipinski definition) is 3. The van der Waals surface area contributed by atoms with E-state index < -0.39 is 0 Å². The molecular formula is C26H24N2O. The van der Waals surface area contributed by atoms with E-state index in [9.17, 15) is 0 Å². The molecule has 0 unspecified atom stereocenters. The lowest BCUT2D eigenvalue weighted by molar-refractivity contribution is 0.650. The monoisotopic (exact) mass is 380 g/mol. The van der Waals surface area contributed by atoms with E-state index in [1.165, 1.54) is 21.9 Å². The second-order valence-electron chi connectivity index (χ2n) is 8.37. The van der Waals surface area contributed by atoms with Gasteiger partial charge in [0.05, 0.1) is 5.69 Å². The fraction of sp³-hybridized carbons (Fsp3) is 0.231. The van der Waals surface area contributed by atoms with E-state index in [2.05, 4.69) is 68.2 Å². The van der Waals surface area contributed by atoms with Crippen molar-refractivity contribution in [1.82, 2.24) is 9.97 Å². The van der Waals surface area contributed by atoms with Gasteiger partial charge in [0.25, 0.3) is 0 Å². The third-order valence-corrected chi connectivity index (χ3v) is 5.50. The Morgan fingerprint density at radius 3 is 2.59 bits per heavy atom. The van der Waals surface area contributed by atoms with Gasteiger partial charge in [-0.15, -0.1) is 0 Å². The molecule has 0 radical (unpaired) electrons. The summed E-state index contributed by atoms with van der Waals surface area (Å²) < 4.78 is 6.27. The van der Waals surface area contributed by atoms with Crippen molar-refractivity contribution in [3.05, 3.63) is 71.5 Å². The van der Waals surface area contributed by atoms with Crippen LogP contribution in [0, 0.1) is 19.8 Å². The van der Waals surface area contributed by atoms with Crippen molar-refractivity contribution in [2.24, 2.45) is 5.92 Å². The van der Waals surface area contributed by atoms with Crippen molar-refractivity contribution < 1.29 is 4.42 Å². The van der Waals surface area contributed by atoms with Crippen LogP contribution in [0.25, 0.3) is 44.1 Å². The molecule has 144 valence electrons. The Morgan fingerprint density at radius 2 is 1.76 bits per heavy atom. The zero-order chi connectivity index (χ0) is 20.1. The standard InChI is InChI=1S/C26H24N2O/c1-15(2)12-18-6-5-7-20-19(18)10-11-27-24(20)23-14-16(3)13-22-21-9-8-17(4)28-26(21)29-25(22)23/h5-11,13-15H,12H2,1-4H3. The van der Waals surface area contributed by atoms with Crippen LogP contribution in [0.4, 0.5) is 0 Å². The van der Waals surface area contributed by atoms with Crippen LogP contribution >= 0.6 is 0 Å². The number of pyridine rings is 2. The predicted octanol–water partition coefficient (Wildman–Crippen LogP) is 7.01. The Labute approximate surface area is 170 Å². The summed E-state index contributed by atoms with van der Waals surface area (Å²) in [4.78, 5) is 9.40. The normalized spacial score (nSPS) is 11.9. The Balaban J connectivity index is 1.84. The zero-order valence-electron chi connectivity index (χ0n) is 17.3. The second-order valence-corrected chi connectivity index (χ2v) is 8.37. The molecule has 5 aromatic rings. The Morgan fingerprint density at radius 1 is 0.897 bits per heavy atom. The molecule has 0 atom stereocenters. The van der Waals surface area contributed by atoms with Crippen LogP contribution in [0.2, 0.25) is 0 Å². The Hall–Kier alpha value is -3.20. The lowest BCUT2D eigenvalue weighted by atomic mass is 9.94. The number of aromatic nitrogens is 2. The summed E-state index contributed by atoms with van der Waals surface area (Å²) in [7, 11) is 0. The molecule has 2 aromatic carbocycles. The number of rotatable bonds is 3. The molecule has 0 N–H and O–H groups in total. The highest BCUT2D eigenvalue weighted by Gasteiger charge is 2.17. The van der Waals surface area contributed by atoms with Gasteiger partial charge in [0.15, 0.2) is 0 Å². The van der Waals surface area contributed by atoms with E-state index in [1.807, 2.05) is 19.2 Å². The number of nitrogens with zero attached hydrogens (tertiary/aromatic N) is 2. The van der Waals surface area contributed by atoms with Crippen LogP contribution < -0.4 is 0 Å². The van der Waals surface area contributed by atoms with Gasteiger partial charge in [0, 0.05) is 33.6 Å². The summed E-state index contributed by atoms with van der Waals surface area (Å²) in [5.41, 5.74) is 7.06. The molecule has 0 aliphatic heterocycles. The molecule has 0 aliphatic rings. The molecule has 0 saturated heterocycles. The molecule has 0 aliphatic carbocycles. The van der Waals surface area contributed by atoms with E-state index in [0.29, 0.717) is 11.6 Å². The van der Waals surface area contributed by atoms with Gasteiger partial charge in [-0.25, -0.2) is 4.98 Å². The lowest BCUT2D eigenvalue weighted by Gasteiger charge is -2.12. The minimum Gasteiger partial charge on any atom is -0.437 e. The fourth-order valence-electron chi connectivity index (χ4n) is 4.28. The maximum atomic E-state index is 6.27. The first-order chi connectivity index (χ1) is 14.0. The highest BCUT2D eigenvalue weighted by atomic mass is 16.3. The molecule has 0 amide bonds. The summed E-state index contributed by atoms with van der Waals surface area (Å²) >= 11 is 0. The first-order valence-electron chi connectivity index (χ1n) is 10.2. The quantitative estimate of drug-likeness (QED) is 0.338. The molecule has 3 heterocycles. The smallest absolute Gasteiger partial charge is 0.227 e. The SMILES string of the molecule is Cc1cc(-c2nccc3c(CC(C)C)cccc23)c2oc3nc(C)ccc3c2c1. The third-order valence-electron chi connectivity index (χ3n) is 5.50. The Bertz CT molecular complexity index is 1380. The van der Waals surface area contributed by atoms with E-state index in [-0.39, 0.29) is 0 Å². The van der Waals surface area contributed by atoms with Gasteiger partial charge in [-0.2, -0.15) is 0 Å². The van der Waals surface area contributed by atoms with Gasteiger partial charge in [-0.05, 0) is 73.0 Å². The fourth-order valence-corrected chi connectivity index (χ4v) is 4.28. The third kappa shape index (κ3) is 2.98. The number of benzene rings is 2. The average molecular weight is 380 g/mol. The van der Waals surface area contributed by atoms with Crippen LogP contribution in [0.3, 0.4) is 0 Å². The van der Waals surface area contributed by atoms with Crippen LogP contribution in [-0.4, -0.2) is 9.97 Å². The van der Waals surface area contributed by atoms with Crippen LogP contribution in [0.15, 0.2) is 59.1 Å². The molecule has 5 rings (SSSR count). The molecule has 0 spiro atoms. The molecule has 3 heteroatoms. The van der Waals surface area contributed by atoms with E-state index in [4.69, 9.17) is 9.40 Å². The zero-order valence-corrected chi connectivity index (χ0v) is 17.3. The summed E-state index contributed by atoms with van der Waals surface area (Å²) in [6.07, 6.45) is 2.97. The van der Waals surface area contributed by atoms with Crippen molar-refractivity contribution in [3.63, 3.8) is 0 Å². The Kier molecular flexibility index (Phi) is 4.13. The predicted molar refractivity (Wildman–Crippen MR) is 120 cm³/mol. The van der Waals surface area contributed by atoms with Gasteiger partial charge in [0.1, 0.15) is 5.58 Å². The van der Waals surface area contributed by atoms with Crippen LogP contribution in [-0.2, 0) is 6.42 Å². The molecule has 0 saturated carbocycles. The van der Waals surface area contributed by atoms with Crippen LogP contribution in [0.1, 0.15) is 30.7 Å². The van der Waals surface area contributed by atoms with E-state index in [0.717, 1.165) is 39.7 Å². The number of furan rings is 1. The van der Waals surface area contributed by atoms with Crippen molar-refractivity contribution in [2.75, 3.05) is 0 Å². The maximum absolute atomic E-state index is 6.27. The largest absolute Gasteiger partial charge is 0.437 e.